The van der Waals surface area contributed by atoms with Crippen LogP contribution in [0, 0.1) is 0 Å². The van der Waals surface area contributed by atoms with E-state index in [-0.39, 0.29) is 5.41 Å². The van der Waals surface area contributed by atoms with Crippen LogP contribution in [0.15, 0.2) is 47.0 Å². The van der Waals surface area contributed by atoms with Gasteiger partial charge in [-0.2, -0.15) is 8.42 Å². The first kappa shape index (κ1) is 27.3. The van der Waals surface area contributed by atoms with Gasteiger partial charge in [-0.1, -0.05) is 35.5 Å². The lowest BCUT2D eigenvalue weighted by Gasteiger charge is -2.34. The number of anilines is 1. The van der Waals surface area contributed by atoms with E-state index in [1.54, 1.807) is 0 Å². The average molecular weight is 528 g/mol. The van der Waals surface area contributed by atoms with Crippen molar-refractivity contribution < 1.29 is 22.3 Å². The molecule has 2 aromatic carbocycles. The minimum absolute atomic E-state index is 0.329. The molecular weight excluding hydrogens is 490 g/mol. The molecule has 0 saturated carbocycles. The Balaban J connectivity index is 0.000000586. The molecule has 1 fully saturated rings. The summed E-state index contributed by atoms with van der Waals surface area (Å²) in [6.45, 7) is 13.4. The Morgan fingerprint density at radius 3 is 2.27 bits per heavy atom. The number of nitrogens with zero attached hydrogens (tertiary/aromatic N) is 3. The number of Topliss-reactive ketones (excluding diaryl/α,β-unsaturated/α-hetero) is 1. The summed E-state index contributed by atoms with van der Waals surface area (Å²) in [5.41, 5.74) is 3.84. The molecule has 0 atom stereocenters. The average Bonchev–Trinajstić information content (AvgIpc) is 3.31. The summed E-state index contributed by atoms with van der Waals surface area (Å²) in [7, 11) is -3.67. The summed E-state index contributed by atoms with van der Waals surface area (Å²) < 4.78 is 31.4. The Morgan fingerprint density at radius 1 is 0.973 bits per heavy atom. The van der Waals surface area contributed by atoms with Crippen LogP contribution < -0.4 is 4.90 Å². The van der Waals surface area contributed by atoms with Crippen LogP contribution in [-0.4, -0.2) is 67.8 Å². The highest BCUT2D eigenvalue weighted by molar-refractivity contribution is 7.85. The van der Waals surface area contributed by atoms with Gasteiger partial charge in [0.15, 0.2) is 17.2 Å². The third-order valence-electron chi connectivity index (χ3n) is 7.54. The summed E-state index contributed by atoms with van der Waals surface area (Å²) in [6, 6.07) is 14.8. The zero-order chi connectivity index (χ0) is 27.0. The Bertz CT molecular complexity index is 1380. The van der Waals surface area contributed by atoms with Crippen molar-refractivity contribution in [2.24, 2.45) is 0 Å². The van der Waals surface area contributed by atoms with E-state index in [4.69, 9.17) is 9.08 Å². The summed E-state index contributed by atoms with van der Waals surface area (Å²) in [4.78, 5) is 17.8. The second-order valence-electron chi connectivity index (χ2n) is 11.1. The lowest BCUT2D eigenvalue weighted by atomic mass is 9.80. The standard InChI is InChI=1S/C27H33N3O2.CH4O3S/c1-26(2)21-12-11-19(18-22(21)27(3,4)25(26)31)8-7-13-29-14-16-30(17-15-29)24-20-9-5-6-10-23(20)32-28-24;1-5(2,3)4/h5-6,9-12,18H,7-8,13-17H2,1-4H3;1H3,(H,2,3,4). The number of rotatable bonds is 5. The van der Waals surface area contributed by atoms with Crippen molar-refractivity contribution in [2.45, 2.75) is 51.4 Å². The van der Waals surface area contributed by atoms with E-state index in [1.807, 2.05) is 18.2 Å². The first-order valence-corrected chi connectivity index (χ1v) is 14.6. The summed E-state index contributed by atoms with van der Waals surface area (Å²) in [6.07, 6.45) is 2.89. The van der Waals surface area contributed by atoms with Gasteiger partial charge in [-0.25, -0.2) is 0 Å². The third kappa shape index (κ3) is 5.89. The quantitative estimate of drug-likeness (QED) is 0.492. The highest BCUT2D eigenvalue weighted by Gasteiger charge is 2.50. The van der Waals surface area contributed by atoms with E-state index in [0.717, 1.165) is 62.4 Å². The van der Waals surface area contributed by atoms with Gasteiger partial charge in [0.1, 0.15) is 0 Å². The molecule has 1 aliphatic carbocycles. The van der Waals surface area contributed by atoms with Crippen LogP contribution in [0.5, 0.6) is 0 Å². The fourth-order valence-electron chi connectivity index (χ4n) is 5.63. The van der Waals surface area contributed by atoms with Gasteiger partial charge in [-0.3, -0.25) is 14.2 Å². The molecule has 1 saturated heterocycles. The Morgan fingerprint density at radius 2 is 1.59 bits per heavy atom. The van der Waals surface area contributed by atoms with Crippen LogP contribution in [-0.2, 0) is 32.2 Å². The second-order valence-corrected chi connectivity index (χ2v) is 12.6. The van der Waals surface area contributed by atoms with Gasteiger partial charge in [0.2, 0.25) is 0 Å². The predicted octanol–water partition coefficient (Wildman–Crippen LogP) is 4.22. The summed E-state index contributed by atoms with van der Waals surface area (Å²) in [5.74, 6) is 1.30. The number of piperazine rings is 1. The molecule has 9 heteroatoms. The van der Waals surface area contributed by atoms with E-state index >= 15 is 0 Å². The molecule has 0 amide bonds. The molecule has 200 valence electrons. The molecule has 0 bridgehead atoms. The molecule has 1 N–H and O–H groups in total. The monoisotopic (exact) mass is 527 g/mol. The van der Waals surface area contributed by atoms with Crippen LogP contribution >= 0.6 is 0 Å². The fraction of sp³-hybridized carbons (Fsp3) is 0.500. The van der Waals surface area contributed by atoms with Crippen molar-refractivity contribution in [2.75, 3.05) is 43.9 Å². The molecule has 1 aromatic heterocycles. The normalized spacial score (nSPS) is 19.0. The number of carbonyl (C=O) groups excluding carboxylic acids is 1. The number of hydrogen-bond acceptors (Lipinski definition) is 7. The smallest absolute Gasteiger partial charge is 0.261 e. The zero-order valence-corrected chi connectivity index (χ0v) is 23.1. The number of ketones is 1. The molecule has 5 rings (SSSR count). The van der Waals surface area contributed by atoms with Gasteiger partial charge in [0.25, 0.3) is 10.1 Å². The van der Waals surface area contributed by atoms with Gasteiger partial charge in [0.05, 0.1) is 11.6 Å². The Kier molecular flexibility index (Phi) is 7.52. The topological polar surface area (TPSA) is 104 Å². The van der Waals surface area contributed by atoms with Crippen LogP contribution in [0.3, 0.4) is 0 Å². The van der Waals surface area contributed by atoms with Crippen molar-refractivity contribution in [1.29, 1.82) is 0 Å². The van der Waals surface area contributed by atoms with Crippen LogP contribution in [0.4, 0.5) is 5.82 Å². The predicted molar refractivity (Wildman–Crippen MR) is 146 cm³/mol. The van der Waals surface area contributed by atoms with E-state index in [0.29, 0.717) is 12.0 Å². The number of fused-ring (bicyclic) bond motifs is 2. The van der Waals surface area contributed by atoms with Gasteiger partial charge in [0, 0.05) is 37.0 Å². The Labute approximate surface area is 219 Å². The van der Waals surface area contributed by atoms with E-state index in [9.17, 15) is 13.2 Å². The summed E-state index contributed by atoms with van der Waals surface area (Å²) in [5, 5.41) is 5.41. The number of aryl methyl sites for hydroxylation is 1. The van der Waals surface area contributed by atoms with E-state index in [1.165, 1.54) is 16.7 Å². The second kappa shape index (κ2) is 10.2. The van der Waals surface area contributed by atoms with Crippen molar-refractivity contribution in [1.82, 2.24) is 10.1 Å². The molecule has 1 aliphatic heterocycles. The van der Waals surface area contributed by atoms with Gasteiger partial charge in [-0.15, -0.1) is 0 Å². The molecule has 2 heterocycles. The molecule has 8 nitrogen and oxygen atoms in total. The van der Waals surface area contributed by atoms with Crippen molar-refractivity contribution in [3.8, 4) is 0 Å². The number of para-hydroxylation sites is 1. The first-order chi connectivity index (χ1) is 17.3. The molecular formula is C28H37N3O5S. The van der Waals surface area contributed by atoms with Crippen LogP contribution in [0.2, 0.25) is 0 Å². The van der Waals surface area contributed by atoms with Gasteiger partial charge >= 0.3 is 0 Å². The molecule has 0 spiro atoms. The number of hydrogen-bond donors (Lipinski definition) is 1. The Hall–Kier alpha value is -2.75. The largest absolute Gasteiger partial charge is 0.354 e. The number of benzene rings is 2. The SMILES string of the molecule is CC1(C)C(=O)C(C)(C)c2cc(CCCN3CCN(c4noc5ccccc45)CC3)ccc21.CS(=O)(=O)O. The maximum Gasteiger partial charge on any atom is 0.261 e. The van der Waals surface area contributed by atoms with Gasteiger partial charge < -0.3 is 9.42 Å². The molecule has 0 unspecified atom stereocenters. The van der Waals surface area contributed by atoms with Gasteiger partial charge in [-0.05, 0) is 75.9 Å². The fourth-order valence-corrected chi connectivity index (χ4v) is 5.63. The number of aromatic nitrogens is 1. The van der Waals surface area contributed by atoms with Crippen molar-refractivity contribution >= 4 is 32.7 Å². The molecule has 0 radical (unpaired) electrons. The lowest BCUT2D eigenvalue weighted by Crippen LogP contribution is -2.46. The summed E-state index contributed by atoms with van der Waals surface area (Å²) >= 11 is 0. The highest BCUT2D eigenvalue weighted by Crippen LogP contribution is 2.46. The maximum atomic E-state index is 12.9. The van der Waals surface area contributed by atoms with Crippen molar-refractivity contribution in [3.63, 3.8) is 0 Å². The maximum absolute atomic E-state index is 12.9. The molecule has 2 aliphatic rings. The van der Waals surface area contributed by atoms with E-state index < -0.39 is 15.5 Å². The minimum Gasteiger partial charge on any atom is -0.354 e. The zero-order valence-electron chi connectivity index (χ0n) is 22.3. The minimum atomic E-state index is -3.67. The van der Waals surface area contributed by atoms with E-state index in [2.05, 4.69) is 66.9 Å². The third-order valence-corrected chi connectivity index (χ3v) is 7.54. The van der Waals surface area contributed by atoms with Crippen molar-refractivity contribution in [3.05, 3.63) is 59.2 Å². The number of carbonyl (C=O) groups is 1. The molecule has 3 aromatic rings. The van der Waals surface area contributed by atoms with Crippen LogP contribution in [0.25, 0.3) is 11.0 Å². The van der Waals surface area contributed by atoms with Crippen LogP contribution in [0.1, 0.15) is 50.8 Å². The highest BCUT2D eigenvalue weighted by atomic mass is 32.2. The lowest BCUT2D eigenvalue weighted by molar-refractivity contribution is -0.126. The first-order valence-electron chi connectivity index (χ1n) is 12.7. The molecule has 37 heavy (non-hydrogen) atoms.